The van der Waals surface area contributed by atoms with Crippen LogP contribution < -0.4 is 10.6 Å². The zero-order valence-electron chi connectivity index (χ0n) is 12.3. The number of hydrogen-bond donors (Lipinski definition) is 3. The summed E-state index contributed by atoms with van der Waals surface area (Å²) in [5, 5.41) is 15.5. The van der Waals surface area contributed by atoms with Gasteiger partial charge < -0.3 is 15.7 Å². The molecule has 3 N–H and O–H groups in total. The van der Waals surface area contributed by atoms with Crippen LogP contribution in [0, 0.1) is 0 Å². The highest BCUT2D eigenvalue weighted by atomic mass is 32.1. The average Bonchev–Trinajstić information content (AvgIpc) is 2.84. The number of aryl methyl sites for hydroxylation is 1. The Morgan fingerprint density at radius 3 is 2.71 bits per heavy atom. The van der Waals surface area contributed by atoms with Gasteiger partial charge in [-0.3, -0.25) is 4.79 Å². The van der Waals surface area contributed by atoms with Crippen LogP contribution in [0.1, 0.15) is 55.5 Å². The van der Waals surface area contributed by atoms with Crippen LogP contribution in [0.3, 0.4) is 0 Å². The minimum atomic E-state index is -0.879. The maximum atomic E-state index is 12.1. The van der Waals surface area contributed by atoms with Gasteiger partial charge in [0.15, 0.2) is 0 Å². The molecule has 0 aromatic carbocycles. The van der Waals surface area contributed by atoms with E-state index in [1.165, 1.54) is 4.88 Å². The third-order valence-corrected chi connectivity index (χ3v) is 5.14. The van der Waals surface area contributed by atoms with Crippen molar-refractivity contribution in [3.8, 4) is 0 Å². The molecular formula is C14H21N3O3S. The molecule has 1 aliphatic rings. The lowest BCUT2D eigenvalue weighted by atomic mass is 9.74. The molecule has 1 unspecified atom stereocenters. The SMILES string of the molecule is CCc1cnc(C(C)NC(=O)NC2(CC(=O)O)CCC2)s1. The lowest BCUT2D eigenvalue weighted by molar-refractivity contribution is -0.139. The lowest BCUT2D eigenvalue weighted by Gasteiger charge is -2.41. The van der Waals surface area contributed by atoms with E-state index in [0.717, 1.165) is 30.7 Å². The van der Waals surface area contributed by atoms with Crippen molar-refractivity contribution in [3.05, 3.63) is 16.1 Å². The average molecular weight is 311 g/mol. The molecule has 1 aromatic heterocycles. The largest absolute Gasteiger partial charge is 0.481 e. The number of hydrogen-bond acceptors (Lipinski definition) is 4. The van der Waals surface area contributed by atoms with Crippen molar-refractivity contribution < 1.29 is 14.7 Å². The molecule has 1 atom stereocenters. The molecule has 1 heterocycles. The molecule has 7 heteroatoms. The fourth-order valence-electron chi connectivity index (χ4n) is 2.46. The molecule has 1 aromatic rings. The molecular weight excluding hydrogens is 290 g/mol. The van der Waals surface area contributed by atoms with Crippen molar-refractivity contribution in [2.45, 2.75) is 57.5 Å². The van der Waals surface area contributed by atoms with Gasteiger partial charge in [-0.2, -0.15) is 0 Å². The quantitative estimate of drug-likeness (QED) is 0.752. The second-order valence-electron chi connectivity index (χ2n) is 5.54. The van der Waals surface area contributed by atoms with E-state index in [2.05, 4.69) is 22.5 Å². The molecule has 0 saturated heterocycles. The third kappa shape index (κ3) is 3.93. The van der Waals surface area contributed by atoms with E-state index < -0.39 is 11.5 Å². The maximum absolute atomic E-state index is 12.1. The molecule has 0 spiro atoms. The van der Waals surface area contributed by atoms with Crippen LogP contribution in [-0.2, 0) is 11.2 Å². The highest BCUT2D eigenvalue weighted by Crippen LogP contribution is 2.35. The van der Waals surface area contributed by atoms with E-state index in [0.29, 0.717) is 0 Å². The van der Waals surface area contributed by atoms with Gasteiger partial charge in [0.05, 0.1) is 18.0 Å². The molecule has 116 valence electrons. The summed E-state index contributed by atoms with van der Waals surface area (Å²) in [5.74, 6) is -0.879. The summed E-state index contributed by atoms with van der Waals surface area (Å²) >= 11 is 1.58. The number of carboxylic acid groups (broad SMARTS) is 1. The number of nitrogens with zero attached hydrogens (tertiary/aromatic N) is 1. The minimum Gasteiger partial charge on any atom is -0.481 e. The number of thiazole rings is 1. The number of aliphatic carboxylic acids is 1. The first-order chi connectivity index (χ1) is 9.94. The monoisotopic (exact) mass is 311 g/mol. The van der Waals surface area contributed by atoms with Crippen LogP contribution in [0.15, 0.2) is 6.20 Å². The molecule has 2 amide bonds. The number of urea groups is 1. The Kier molecular flexibility index (Phi) is 4.82. The predicted molar refractivity (Wildman–Crippen MR) is 80.4 cm³/mol. The summed E-state index contributed by atoms with van der Waals surface area (Å²) < 4.78 is 0. The van der Waals surface area contributed by atoms with E-state index in [4.69, 9.17) is 5.11 Å². The highest BCUT2D eigenvalue weighted by molar-refractivity contribution is 7.11. The van der Waals surface area contributed by atoms with Crippen LogP contribution in [0.4, 0.5) is 4.79 Å². The third-order valence-electron chi connectivity index (χ3n) is 3.82. The molecule has 1 fully saturated rings. The number of carbonyl (C=O) groups is 2. The summed E-state index contributed by atoms with van der Waals surface area (Å²) in [6.45, 7) is 3.94. The Labute approximate surface area is 128 Å². The van der Waals surface area contributed by atoms with Crippen molar-refractivity contribution in [1.29, 1.82) is 0 Å². The molecule has 2 rings (SSSR count). The number of aromatic nitrogens is 1. The van der Waals surface area contributed by atoms with Gasteiger partial charge in [-0.25, -0.2) is 9.78 Å². The fraction of sp³-hybridized carbons (Fsp3) is 0.643. The van der Waals surface area contributed by atoms with E-state index in [1.54, 1.807) is 11.3 Å². The van der Waals surface area contributed by atoms with Gasteiger partial charge in [0.2, 0.25) is 0 Å². The van der Waals surface area contributed by atoms with Crippen molar-refractivity contribution in [2.75, 3.05) is 0 Å². The molecule has 0 aliphatic heterocycles. The molecule has 1 aliphatic carbocycles. The van der Waals surface area contributed by atoms with Gasteiger partial charge in [0, 0.05) is 11.1 Å². The van der Waals surface area contributed by atoms with Crippen LogP contribution in [0.2, 0.25) is 0 Å². The molecule has 21 heavy (non-hydrogen) atoms. The number of carbonyl (C=O) groups excluding carboxylic acids is 1. The van der Waals surface area contributed by atoms with Gasteiger partial charge >= 0.3 is 12.0 Å². The first-order valence-electron chi connectivity index (χ1n) is 7.19. The van der Waals surface area contributed by atoms with Crippen LogP contribution >= 0.6 is 11.3 Å². The first kappa shape index (κ1) is 15.8. The number of nitrogens with one attached hydrogen (secondary N) is 2. The summed E-state index contributed by atoms with van der Waals surface area (Å²) in [4.78, 5) is 28.4. The van der Waals surface area contributed by atoms with Gasteiger partial charge in [0.1, 0.15) is 5.01 Å². The second-order valence-corrected chi connectivity index (χ2v) is 6.69. The second kappa shape index (κ2) is 6.43. The number of amides is 2. The van der Waals surface area contributed by atoms with Gasteiger partial charge in [-0.15, -0.1) is 11.3 Å². The molecule has 1 saturated carbocycles. The Morgan fingerprint density at radius 1 is 1.52 bits per heavy atom. The van der Waals surface area contributed by atoms with Crippen molar-refractivity contribution >= 4 is 23.3 Å². The smallest absolute Gasteiger partial charge is 0.315 e. The number of rotatable bonds is 6. The predicted octanol–water partition coefficient (Wildman–Crippen LogP) is 2.46. The van der Waals surface area contributed by atoms with Crippen LogP contribution in [0.5, 0.6) is 0 Å². The van der Waals surface area contributed by atoms with Gasteiger partial charge in [-0.05, 0) is 32.6 Å². The summed E-state index contributed by atoms with van der Waals surface area (Å²) in [6, 6.07) is -0.506. The first-order valence-corrected chi connectivity index (χ1v) is 8.01. The topological polar surface area (TPSA) is 91.3 Å². The summed E-state index contributed by atoms with van der Waals surface area (Å²) in [7, 11) is 0. The van der Waals surface area contributed by atoms with E-state index >= 15 is 0 Å². The minimum absolute atomic E-state index is 0.0218. The standard InChI is InChI=1S/C14H21N3O3S/c1-3-10-8-15-12(21-10)9(2)16-13(20)17-14(5-4-6-14)7-11(18)19/h8-9H,3-7H2,1-2H3,(H,18,19)(H2,16,17,20). The molecule has 0 radical (unpaired) electrons. The Hall–Kier alpha value is -1.63. The van der Waals surface area contributed by atoms with Crippen LogP contribution in [0.25, 0.3) is 0 Å². The zero-order valence-corrected chi connectivity index (χ0v) is 13.1. The lowest BCUT2D eigenvalue weighted by Crippen LogP contribution is -2.57. The molecule has 0 bridgehead atoms. The maximum Gasteiger partial charge on any atom is 0.315 e. The molecule has 6 nitrogen and oxygen atoms in total. The van der Waals surface area contributed by atoms with E-state index in [1.807, 2.05) is 13.1 Å². The normalized spacial score (nSPS) is 17.6. The van der Waals surface area contributed by atoms with Gasteiger partial charge in [0.25, 0.3) is 0 Å². The van der Waals surface area contributed by atoms with Crippen LogP contribution in [-0.4, -0.2) is 27.6 Å². The Bertz CT molecular complexity index is 525. The van der Waals surface area contributed by atoms with Crippen molar-refractivity contribution in [2.24, 2.45) is 0 Å². The van der Waals surface area contributed by atoms with Gasteiger partial charge in [-0.1, -0.05) is 6.92 Å². The fourth-order valence-corrected chi connectivity index (χ4v) is 3.32. The van der Waals surface area contributed by atoms with E-state index in [9.17, 15) is 9.59 Å². The summed E-state index contributed by atoms with van der Waals surface area (Å²) in [5.41, 5.74) is -0.576. The Morgan fingerprint density at radius 2 is 2.24 bits per heavy atom. The van der Waals surface area contributed by atoms with Crippen molar-refractivity contribution in [3.63, 3.8) is 0 Å². The van der Waals surface area contributed by atoms with E-state index in [-0.39, 0.29) is 18.5 Å². The summed E-state index contributed by atoms with van der Waals surface area (Å²) in [6.07, 6.45) is 5.13. The highest BCUT2D eigenvalue weighted by Gasteiger charge is 2.40. The number of carboxylic acids is 1. The van der Waals surface area contributed by atoms with Crippen molar-refractivity contribution in [1.82, 2.24) is 15.6 Å². The zero-order chi connectivity index (χ0) is 15.5. The Balaban J connectivity index is 1.90.